The van der Waals surface area contributed by atoms with Gasteiger partial charge in [0.05, 0.1) is 11.5 Å². The third kappa shape index (κ3) is 2.35. The van der Waals surface area contributed by atoms with Crippen molar-refractivity contribution >= 4 is 5.91 Å². The van der Waals surface area contributed by atoms with Crippen molar-refractivity contribution in [3.8, 4) is 0 Å². The van der Waals surface area contributed by atoms with E-state index < -0.39 is 5.60 Å². The van der Waals surface area contributed by atoms with Gasteiger partial charge in [-0.2, -0.15) is 0 Å². The molecule has 3 unspecified atom stereocenters. The molecule has 4 nitrogen and oxygen atoms in total. The molecule has 1 aliphatic heterocycles. The molecule has 6 fully saturated rings. The zero-order valence-electron chi connectivity index (χ0n) is 16.3. The second-order valence-electron chi connectivity index (χ2n) is 10.5. The van der Waals surface area contributed by atoms with E-state index in [0.717, 1.165) is 50.5 Å². The Morgan fingerprint density at radius 3 is 2.46 bits per heavy atom. The van der Waals surface area contributed by atoms with Gasteiger partial charge in [0.2, 0.25) is 5.91 Å². The maximum Gasteiger partial charge on any atom is 0.301 e. The van der Waals surface area contributed by atoms with Gasteiger partial charge in [-0.1, -0.05) is 30.3 Å². The van der Waals surface area contributed by atoms with Crippen LogP contribution in [-0.2, 0) is 4.79 Å². The number of likely N-dealkylation sites (tertiary alicyclic amines) is 1. The van der Waals surface area contributed by atoms with Crippen molar-refractivity contribution in [2.45, 2.75) is 75.1 Å². The van der Waals surface area contributed by atoms with Crippen LogP contribution in [0.1, 0.15) is 62.8 Å². The Balaban J connectivity index is 1.44. The number of fused-ring (bicyclic) bond motifs is 1. The topological polar surface area (TPSA) is 44.9 Å². The van der Waals surface area contributed by atoms with E-state index >= 15 is 0 Å². The molecule has 5 aliphatic carbocycles. The van der Waals surface area contributed by atoms with Gasteiger partial charge in [0.15, 0.2) is 0 Å². The fraction of sp³-hybridized carbons (Fsp3) is 0.667. The van der Waals surface area contributed by atoms with Crippen LogP contribution in [0, 0.1) is 29.7 Å². The van der Waals surface area contributed by atoms with Gasteiger partial charge in [0, 0.05) is 12.5 Å². The van der Waals surface area contributed by atoms with Crippen molar-refractivity contribution in [1.29, 1.82) is 0 Å². The maximum atomic E-state index is 14.1. The first kappa shape index (κ1) is 17.0. The highest BCUT2D eigenvalue weighted by Gasteiger charge is 2.64. The second kappa shape index (κ2) is 5.60. The van der Waals surface area contributed by atoms with Gasteiger partial charge in [-0.05, 0) is 73.7 Å². The van der Waals surface area contributed by atoms with E-state index in [9.17, 15) is 9.90 Å². The number of rotatable bonds is 3. The second-order valence-corrected chi connectivity index (χ2v) is 10.5. The molecule has 6 atom stereocenters. The van der Waals surface area contributed by atoms with Crippen molar-refractivity contribution in [3.63, 3.8) is 0 Å². The van der Waals surface area contributed by atoms with Crippen LogP contribution in [0.2, 0.25) is 0 Å². The molecule has 0 aromatic heterocycles. The average Bonchev–Trinajstić information content (AvgIpc) is 3.30. The summed E-state index contributed by atoms with van der Waals surface area (Å²) in [6.45, 7) is 7.62. The molecular weight excluding hydrogens is 348 g/mol. The smallest absolute Gasteiger partial charge is 0.301 e. The summed E-state index contributed by atoms with van der Waals surface area (Å²) in [5.41, 5.74) is 0.367. The normalized spacial score (nSPS) is 46.1. The molecule has 1 heterocycles. The van der Waals surface area contributed by atoms with Gasteiger partial charge in [-0.3, -0.25) is 14.5 Å². The molecule has 6 aliphatic rings. The molecule has 146 valence electrons. The first-order valence-electron chi connectivity index (χ1n) is 11.0. The molecule has 0 radical (unpaired) electrons. The minimum Gasteiger partial charge on any atom is -0.390 e. The van der Waals surface area contributed by atoms with Crippen LogP contribution in [0.4, 0.5) is 0 Å². The predicted octanol–water partition coefficient (Wildman–Crippen LogP) is 3.97. The molecule has 0 spiro atoms. The lowest BCUT2D eigenvalue weighted by atomic mass is 9.44. The summed E-state index contributed by atoms with van der Waals surface area (Å²) in [6.07, 6.45) is 7.57. The Labute approximate surface area is 166 Å². The Bertz CT molecular complexity index is 845. The van der Waals surface area contributed by atoms with Crippen molar-refractivity contribution in [3.05, 3.63) is 47.3 Å². The lowest BCUT2D eigenvalue weighted by Gasteiger charge is -2.62. The van der Waals surface area contributed by atoms with Gasteiger partial charge < -0.3 is 5.11 Å². The molecule has 5 saturated carbocycles. The Morgan fingerprint density at radius 1 is 1.11 bits per heavy atom. The lowest BCUT2D eigenvalue weighted by Crippen LogP contribution is -2.59. The third-order valence-corrected chi connectivity index (χ3v) is 8.55. The first-order chi connectivity index (χ1) is 13.5. The summed E-state index contributed by atoms with van der Waals surface area (Å²) >= 11 is 0. The van der Waals surface area contributed by atoms with Crippen molar-refractivity contribution in [2.24, 2.45) is 23.2 Å². The standard InChI is InChI=1S/C24H28N2O2/c1-25-20-9-18-8-19(18)26(20)22(27)21(17-5-3-2-4-6-17)23-10-15-7-16(11-23)13-24(28,12-15)14-23/h2-6,15-16,18-21,28H,7-14H2/t15?,16?,18-,19-,20-,21?,23?,24?/m0/s1. The summed E-state index contributed by atoms with van der Waals surface area (Å²) in [7, 11) is 0. The van der Waals surface area contributed by atoms with Gasteiger partial charge in [0.25, 0.3) is 0 Å². The first-order valence-corrected chi connectivity index (χ1v) is 11.0. The van der Waals surface area contributed by atoms with Gasteiger partial charge in [-0.15, -0.1) is 0 Å². The van der Waals surface area contributed by atoms with Gasteiger partial charge in [0.1, 0.15) is 0 Å². The third-order valence-electron chi connectivity index (χ3n) is 8.55. The van der Waals surface area contributed by atoms with E-state index in [-0.39, 0.29) is 29.4 Å². The molecule has 4 bridgehead atoms. The molecular formula is C24H28N2O2. The number of hydrogen-bond acceptors (Lipinski definition) is 2. The van der Waals surface area contributed by atoms with Gasteiger partial charge in [-0.25, -0.2) is 6.57 Å². The van der Waals surface area contributed by atoms with E-state index in [1.165, 1.54) is 6.42 Å². The van der Waals surface area contributed by atoms with Gasteiger partial charge >= 0.3 is 6.17 Å². The lowest BCUT2D eigenvalue weighted by molar-refractivity contribution is -0.178. The summed E-state index contributed by atoms with van der Waals surface area (Å²) in [4.78, 5) is 19.8. The summed E-state index contributed by atoms with van der Waals surface area (Å²) in [5, 5.41) is 11.3. The summed E-state index contributed by atoms with van der Waals surface area (Å²) < 4.78 is 0. The van der Waals surface area contributed by atoms with E-state index in [4.69, 9.17) is 6.57 Å². The molecule has 7 rings (SSSR count). The quantitative estimate of drug-likeness (QED) is 0.812. The number of nitrogens with zero attached hydrogens (tertiary/aromatic N) is 2. The molecule has 1 aromatic rings. The highest BCUT2D eigenvalue weighted by atomic mass is 16.3. The van der Waals surface area contributed by atoms with Crippen LogP contribution in [0.25, 0.3) is 4.85 Å². The maximum absolute atomic E-state index is 14.1. The number of aliphatic hydroxyl groups is 1. The van der Waals surface area contributed by atoms with E-state index in [1.807, 2.05) is 23.1 Å². The number of amides is 1. The fourth-order valence-corrected chi connectivity index (χ4v) is 8.03. The molecule has 28 heavy (non-hydrogen) atoms. The minimum absolute atomic E-state index is 0.142. The molecule has 1 saturated heterocycles. The predicted molar refractivity (Wildman–Crippen MR) is 105 cm³/mol. The van der Waals surface area contributed by atoms with Crippen LogP contribution in [-0.4, -0.2) is 33.7 Å². The number of carbonyl (C=O) groups is 1. The molecule has 1 N–H and O–H groups in total. The number of hydrogen-bond donors (Lipinski definition) is 1. The van der Waals surface area contributed by atoms with Crippen LogP contribution in [0.5, 0.6) is 0 Å². The van der Waals surface area contributed by atoms with Crippen LogP contribution >= 0.6 is 0 Å². The number of benzene rings is 1. The zero-order valence-corrected chi connectivity index (χ0v) is 16.3. The van der Waals surface area contributed by atoms with E-state index in [2.05, 4.69) is 17.0 Å². The molecule has 1 amide bonds. The Hall–Kier alpha value is -1.86. The minimum atomic E-state index is -0.580. The van der Waals surface area contributed by atoms with Crippen LogP contribution in [0.3, 0.4) is 0 Å². The Morgan fingerprint density at radius 2 is 1.82 bits per heavy atom. The van der Waals surface area contributed by atoms with E-state index in [1.54, 1.807) is 0 Å². The average molecular weight is 377 g/mol. The Kier molecular flexibility index (Phi) is 3.41. The van der Waals surface area contributed by atoms with Crippen molar-refractivity contribution in [2.75, 3.05) is 0 Å². The molecule has 4 heteroatoms. The van der Waals surface area contributed by atoms with E-state index in [0.29, 0.717) is 17.8 Å². The highest BCUT2D eigenvalue weighted by molar-refractivity contribution is 5.86. The highest BCUT2D eigenvalue weighted by Crippen LogP contribution is 2.66. The van der Waals surface area contributed by atoms with Crippen LogP contribution < -0.4 is 0 Å². The number of carbonyl (C=O) groups excluding carboxylic acids is 1. The fourth-order valence-electron chi connectivity index (χ4n) is 8.03. The SMILES string of the molecule is [C-]#[N+][C@@H]1C[C@@H]2C[C@@H]2N1C(=O)C(c1ccccc1)C12CC3CC(CC(O)(C3)C1)C2. The summed E-state index contributed by atoms with van der Waals surface area (Å²) in [5.74, 6) is 1.60. The van der Waals surface area contributed by atoms with Crippen LogP contribution in [0.15, 0.2) is 30.3 Å². The summed E-state index contributed by atoms with van der Waals surface area (Å²) in [6, 6.07) is 10.5. The van der Waals surface area contributed by atoms with Crippen molar-refractivity contribution < 1.29 is 9.90 Å². The number of piperidine rings is 1. The monoisotopic (exact) mass is 376 g/mol. The van der Waals surface area contributed by atoms with Crippen molar-refractivity contribution in [1.82, 2.24) is 4.90 Å². The molecule has 1 aromatic carbocycles. The largest absolute Gasteiger partial charge is 0.390 e. The zero-order chi connectivity index (χ0) is 19.1.